The fourth-order valence-corrected chi connectivity index (χ4v) is 4.05. The molecule has 2 aromatic carbocycles. The second-order valence-electron chi connectivity index (χ2n) is 7.78. The van der Waals surface area contributed by atoms with Gasteiger partial charge < -0.3 is 14.7 Å². The smallest absolute Gasteiger partial charge is 0.232 e. The van der Waals surface area contributed by atoms with E-state index in [2.05, 4.69) is 9.88 Å². The van der Waals surface area contributed by atoms with E-state index >= 15 is 0 Å². The molecule has 1 N–H and O–H groups in total. The highest BCUT2D eigenvalue weighted by Crippen LogP contribution is 2.30. The average molecular weight is 437 g/mol. The first-order valence-electron chi connectivity index (χ1n) is 10.4. The summed E-state index contributed by atoms with van der Waals surface area (Å²) in [6.45, 7) is 3.53. The molecule has 0 bridgehead atoms. The molecule has 0 aliphatic carbocycles. The van der Waals surface area contributed by atoms with Crippen molar-refractivity contribution in [1.82, 2.24) is 4.98 Å². The van der Waals surface area contributed by atoms with Gasteiger partial charge >= 0.3 is 0 Å². The molecule has 6 heteroatoms. The number of carbonyl (C=O) groups is 1. The Morgan fingerprint density at radius 1 is 1.19 bits per heavy atom. The summed E-state index contributed by atoms with van der Waals surface area (Å²) < 4.78 is 6.00. The zero-order valence-corrected chi connectivity index (χ0v) is 18.2. The lowest BCUT2D eigenvalue weighted by atomic mass is 9.98. The van der Waals surface area contributed by atoms with E-state index in [4.69, 9.17) is 16.3 Å². The number of aromatic nitrogens is 1. The van der Waals surface area contributed by atoms with Crippen molar-refractivity contribution in [2.45, 2.75) is 25.9 Å². The van der Waals surface area contributed by atoms with Crippen LogP contribution < -0.4 is 9.64 Å². The fourth-order valence-electron chi connectivity index (χ4n) is 3.89. The van der Waals surface area contributed by atoms with Gasteiger partial charge in [-0.25, -0.2) is 4.98 Å². The predicted molar refractivity (Wildman–Crippen MR) is 122 cm³/mol. The van der Waals surface area contributed by atoms with Crippen LogP contribution >= 0.6 is 11.6 Å². The van der Waals surface area contributed by atoms with Crippen molar-refractivity contribution in [3.63, 3.8) is 0 Å². The number of ether oxygens (including phenoxy) is 1. The van der Waals surface area contributed by atoms with Crippen LogP contribution in [0.15, 0.2) is 60.8 Å². The van der Waals surface area contributed by atoms with E-state index in [0.717, 1.165) is 29.8 Å². The van der Waals surface area contributed by atoms with Crippen molar-refractivity contribution < 1.29 is 14.6 Å². The molecule has 1 unspecified atom stereocenters. The van der Waals surface area contributed by atoms with Crippen LogP contribution in [0.4, 0.5) is 5.69 Å². The minimum Gasteiger partial charge on any atom is -0.471 e. The topological polar surface area (TPSA) is 62.7 Å². The number of anilines is 1. The Labute approximate surface area is 187 Å². The van der Waals surface area contributed by atoms with Crippen LogP contribution in [0.25, 0.3) is 0 Å². The Kier molecular flexibility index (Phi) is 6.54. The van der Waals surface area contributed by atoms with Crippen molar-refractivity contribution >= 4 is 23.1 Å². The molecule has 4 rings (SSSR count). The number of aliphatic hydroxyl groups is 1. The molecule has 1 atom stereocenters. The van der Waals surface area contributed by atoms with Gasteiger partial charge in [0.05, 0.1) is 6.54 Å². The van der Waals surface area contributed by atoms with Crippen LogP contribution in [0.1, 0.15) is 33.5 Å². The number of rotatable bonds is 7. The van der Waals surface area contributed by atoms with E-state index < -0.39 is 0 Å². The number of nitrogens with zero attached hydrogens (tertiary/aromatic N) is 2. The third-order valence-corrected chi connectivity index (χ3v) is 5.81. The highest BCUT2D eigenvalue weighted by atomic mass is 35.5. The molecular formula is C25H25ClN2O3. The molecule has 2 heterocycles. The van der Waals surface area contributed by atoms with Crippen molar-refractivity contribution in [2.75, 3.05) is 24.6 Å². The lowest BCUT2D eigenvalue weighted by Gasteiger charge is -2.23. The van der Waals surface area contributed by atoms with E-state index in [1.54, 1.807) is 18.3 Å². The van der Waals surface area contributed by atoms with Gasteiger partial charge in [-0.2, -0.15) is 0 Å². The van der Waals surface area contributed by atoms with Gasteiger partial charge in [-0.15, -0.1) is 0 Å². The number of aryl methyl sites for hydroxylation is 1. The van der Waals surface area contributed by atoms with Crippen molar-refractivity contribution in [1.29, 1.82) is 0 Å². The van der Waals surface area contributed by atoms with E-state index in [1.165, 1.54) is 0 Å². The minimum absolute atomic E-state index is 0.0156. The first kappa shape index (κ1) is 21.3. The molecule has 0 spiro atoms. The molecule has 1 aromatic heterocycles. The quantitative estimate of drug-likeness (QED) is 0.554. The molecule has 31 heavy (non-hydrogen) atoms. The Bertz CT molecular complexity index is 1070. The maximum Gasteiger partial charge on any atom is 0.232 e. The number of pyridine rings is 1. The van der Waals surface area contributed by atoms with Gasteiger partial charge in [-0.1, -0.05) is 41.4 Å². The van der Waals surface area contributed by atoms with Crippen molar-refractivity contribution in [3.8, 4) is 5.88 Å². The summed E-state index contributed by atoms with van der Waals surface area (Å²) in [7, 11) is 0. The van der Waals surface area contributed by atoms with Gasteiger partial charge in [-0.05, 0) is 49.2 Å². The van der Waals surface area contributed by atoms with Crippen LogP contribution in [0, 0.1) is 6.92 Å². The maximum absolute atomic E-state index is 12.9. The molecule has 160 valence electrons. The minimum atomic E-state index is -0.0248. The largest absolute Gasteiger partial charge is 0.471 e. The lowest BCUT2D eigenvalue weighted by Crippen LogP contribution is -2.26. The molecule has 1 fully saturated rings. The zero-order valence-electron chi connectivity index (χ0n) is 17.4. The van der Waals surface area contributed by atoms with Crippen LogP contribution in [0.2, 0.25) is 5.02 Å². The summed E-state index contributed by atoms with van der Waals surface area (Å²) in [6, 6.07) is 16.9. The highest BCUT2D eigenvalue weighted by Gasteiger charge is 2.27. The van der Waals surface area contributed by atoms with Crippen molar-refractivity contribution in [2.24, 2.45) is 0 Å². The van der Waals surface area contributed by atoms with E-state index in [0.29, 0.717) is 35.0 Å². The Morgan fingerprint density at radius 3 is 2.71 bits per heavy atom. The van der Waals surface area contributed by atoms with Gasteiger partial charge in [0.2, 0.25) is 5.88 Å². The lowest BCUT2D eigenvalue weighted by molar-refractivity contribution is 0.103. The van der Waals surface area contributed by atoms with Crippen LogP contribution in [-0.4, -0.2) is 41.7 Å². The number of aliphatic hydroxyl groups excluding tert-OH is 1. The second-order valence-corrected chi connectivity index (χ2v) is 8.18. The fraction of sp³-hybridized carbons (Fsp3) is 0.280. The molecule has 0 amide bonds. The highest BCUT2D eigenvalue weighted by molar-refractivity contribution is 6.31. The first-order chi connectivity index (χ1) is 15.0. The van der Waals surface area contributed by atoms with Gasteiger partial charge in [0, 0.05) is 42.6 Å². The summed E-state index contributed by atoms with van der Waals surface area (Å²) in [5.74, 6) is 0.434. The van der Waals surface area contributed by atoms with Crippen molar-refractivity contribution in [3.05, 3.63) is 88.1 Å². The van der Waals surface area contributed by atoms with Crippen LogP contribution in [0.3, 0.4) is 0 Å². The predicted octanol–water partition coefficient (Wildman–Crippen LogP) is 4.47. The molecule has 1 aliphatic heterocycles. The standard InChI is InChI=1S/C25H25ClN2O3/c1-17-4-6-18(7-5-17)24(30)20-8-9-23(19(15-20)11-14-29)28-13-10-21(16-28)31-25-22(26)3-2-12-27-25/h2-9,12,15,21,29H,10-11,13-14,16H2,1H3. The average Bonchev–Trinajstić information content (AvgIpc) is 3.24. The summed E-state index contributed by atoms with van der Waals surface area (Å²) in [5.41, 5.74) is 4.38. The number of benzene rings is 2. The number of hydrogen-bond acceptors (Lipinski definition) is 5. The first-order valence-corrected chi connectivity index (χ1v) is 10.8. The number of ketones is 1. The Balaban J connectivity index is 1.52. The third-order valence-electron chi connectivity index (χ3n) is 5.53. The van der Waals surface area contributed by atoms with E-state index in [9.17, 15) is 9.90 Å². The summed E-state index contributed by atoms with van der Waals surface area (Å²) in [6.07, 6.45) is 2.97. The number of hydrogen-bond donors (Lipinski definition) is 1. The monoisotopic (exact) mass is 436 g/mol. The van der Waals surface area contributed by atoms with Gasteiger partial charge in [0.25, 0.3) is 0 Å². The van der Waals surface area contributed by atoms with Gasteiger partial charge in [-0.3, -0.25) is 4.79 Å². The molecule has 1 aliphatic rings. The summed E-state index contributed by atoms with van der Waals surface area (Å²) in [5, 5.41) is 10.1. The summed E-state index contributed by atoms with van der Waals surface area (Å²) in [4.78, 5) is 19.4. The van der Waals surface area contributed by atoms with Gasteiger partial charge in [0.15, 0.2) is 5.78 Å². The zero-order chi connectivity index (χ0) is 21.8. The molecule has 1 saturated heterocycles. The SMILES string of the molecule is Cc1ccc(C(=O)c2ccc(N3CCC(Oc4ncccc4Cl)C3)c(CCO)c2)cc1. The molecule has 0 radical (unpaired) electrons. The Morgan fingerprint density at radius 2 is 1.97 bits per heavy atom. The van der Waals surface area contributed by atoms with E-state index in [1.807, 2.05) is 49.4 Å². The summed E-state index contributed by atoms with van der Waals surface area (Å²) >= 11 is 6.17. The number of halogens is 1. The van der Waals surface area contributed by atoms with Gasteiger partial charge in [0.1, 0.15) is 11.1 Å². The number of carbonyl (C=O) groups excluding carboxylic acids is 1. The molecule has 0 saturated carbocycles. The van der Waals surface area contributed by atoms with E-state index in [-0.39, 0.29) is 18.5 Å². The van der Waals surface area contributed by atoms with Crippen LogP contribution in [-0.2, 0) is 6.42 Å². The van der Waals surface area contributed by atoms with Crippen LogP contribution in [0.5, 0.6) is 5.88 Å². The molecule has 3 aromatic rings. The third kappa shape index (κ3) is 4.89. The second kappa shape index (κ2) is 9.50. The Hall–Kier alpha value is -2.89. The molecular weight excluding hydrogens is 412 g/mol. The molecule has 5 nitrogen and oxygen atoms in total. The maximum atomic E-state index is 12.9. The normalized spacial score (nSPS) is 15.8.